The summed E-state index contributed by atoms with van der Waals surface area (Å²) in [6.45, 7) is 1.91. The fourth-order valence-corrected chi connectivity index (χ4v) is 5.10. The van der Waals surface area contributed by atoms with E-state index in [1.54, 1.807) is 11.6 Å². The number of halogens is 2. The second-order valence-corrected chi connectivity index (χ2v) is 7.83. The molecule has 0 bridgehead atoms. The van der Waals surface area contributed by atoms with Gasteiger partial charge in [0.15, 0.2) is 0 Å². The molecule has 2 aromatic carbocycles. The molecule has 24 heavy (non-hydrogen) atoms. The molecule has 0 spiro atoms. The number of allylic oxidation sites excluding steroid dienone is 1. The van der Waals surface area contributed by atoms with Gasteiger partial charge in [-0.2, -0.15) is 0 Å². The van der Waals surface area contributed by atoms with E-state index in [9.17, 15) is 4.39 Å². The molecule has 1 fully saturated rings. The van der Waals surface area contributed by atoms with Gasteiger partial charge >= 0.3 is 0 Å². The number of fused-ring (bicyclic) bond motifs is 3. The van der Waals surface area contributed by atoms with E-state index in [-0.39, 0.29) is 0 Å². The number of nitrogens with zero attached hydrogens (tertiary/aromatic N) is 1. The summed E-state index contributed by atoms with van der Waals surface area (Å²) in [7, 11) is 0. The Labute approximate surface area is 156 Å². The number of alkyl halides is 1. The van der Waals surface area contributed by atoms with E-state index in [1.807, 2.05) is 6.08 Å². The molecule has 124 valence electrons. The third kappa shape index (κ3) is 2.93. The van der Waals surface area contributed by atoms with E-state index in [1.165, 1.54) is 34.1 Å². The van der Waals surface area contributed by atoms with Gasteiger partial charge in [0, 0.05) is 22.1 Å². The Morgan fingerprint density at radius 1 is 1.17 bits per heavy atom. The van der Waals surface area contributed by atoms with Gasteiger partial charge in [-0.25, -0.2) is 4.39 Å². The van der Waals surface area contributed by atoms with Crippen molar-refractivity contribution in [1.29, 1.82) is 0 Å². The minimum Gasteiger partial charge on any atom is -0.295 e. The summed E-state index contributed by atoms with van der Waals surface area (Å²) in [5.41, 5.74) is 5.47. The Balaban J connectivity index is 1.72. The predicted octanol–water partition coefficient (Wildman–Crippen LogP) is 5.56. The second kappa shape index (κ2) is 6.96. The summed E-state index contributed by atoms with van der Waals surface area (Å²) in [6, 6.07) is 16.0. The first kappa shape index (κ1) is 16.3. The highest BCUT2D eigenvalue weighted by atomic mass is 125. The minimum absolute atomic E-state index is 0.410. The van der Waals surface area contributed by atoms with Crippen molar-refractivity contribution in [3.63, 3.8) is 0 Å². The molecular formula is C21H21FIN. The van der Waals surface area contributed by atoms with Crippen LogP contribution in [0.25, 0.3) is 6.08 Å². The molecule has 2 heterocycles. The van der Waals surface area contributed by atoms with Crippen LogP contribution < -0.4 is 0 Å². The monoisotopic (exact) mass is 430 g/mol. The van der Waals surface area contributed by atoms with Gasteiger partial charge in [0.25, 0.3) is 0 Å². The molecule has 1 nitrogen and oxygen atoms in total. The van der Waals surface area contributed by atoms with Gasteiger partial charge in [-0.05, 0) is 70.3 Å². The van der Waals surface area contributed by atoms with Gasteiger partial charge in [0.1, 0.15) is 6.67 Å². The first-order valence-electron chi connectivity index (χ1n) is 8.63. The Kier molecular flexibility index (Phi) is 4.72. The topological polar surface area (TPSA) is 3.24 Å². The second-order valence-electron chi connectivity index (χ2n) is 6.67. The van der Waals surface area contributed by atoms with E-state index < -0.39 is 6.67 Å². The van der Waals surface area contributed by atoms with Crippen LogP contribution in [0.5, 0.6) is 0 Å². The largest absolute Gasteiger partial charge is 0.295 e. The van der Waals surface area contributed by atoms with E-state index in [0.717, 1.165) is 12.1 Å². The Morgan fingerprint density at radius 2 is 2.00 bits per heavy atom. The maximum atomic E-state index is 12.3. The highest BCUT2D eigenvalue weighted by Gasteiger charge is 2.37. The molecule has 0 N–H and O–H groups in total. The lowest BCUT2D eigenvalue weighted by molar-refractivity contribution is 0.229. The average molecular weight is 430 g/mol. The number of hydrogen-bond acceptors (Lipinski definition) is 1. The van der Waals surface area contributed by atoms with E-state index >= 15 is 0 Å². The van der Waals surface area contributed by atoms with Crippen molar-refractivity contribution in [2.24, 2.45) is 0 Å². The summed E-state index contributed by atoms with van der Waals surface area (Å²) in [4.78, 5) is 2.66. The predicted molar refractivity (Wildman–Crippen MR) is 106 cm³/mol. The molecule has 1 saturated heterocycles. The van der Waals surface area contributed by atoms with Crippen molar-refractivity contribution in [3.05, 3.63) is 74.4 Å². The fraction of sp³-hybridized carbons (Fsp3) is 0.333. The molecule has 2 aliphatic heterocycles. The molecule has 4 rings (SSSR count). The average Bonchev–Trinajstić information content (AvgIpc) is 3.08. The molecule has 0 aromatic heterocycles. The van der Waals surface area contributed by atoms with Gasteiger partial charge < -0.3 is 0 Å². The van der Waals surface area contributed by atoms with Crippen LogP contribution in [-0.2, 0) is 0 Å². The number of benzene rings is 2. The molecule has 0 unspecified atom stereocenters. The summed E-state index contributed by atoms with van der Waals surface area (Å²) < 4.78 is 13.7. The Hall–Kier alpha value is -1.20. The molecule has 3 heteroatoms. The van der Waals surface area contributed by atoms with Crippen LogP contribution in [0.2, 0.25) is 0 Å². The zero-order chi connectivity index (χ0) is 16.5. The molecule has 2 aliphatic rings. The minimum atomic E-state index is -0.410. The summed E-state index contributed by atoms with van der Waals surface area (Å²) >= 11 is 2.50. The fourth-order valence-electron chi connectivity index (χ4n) is 4.22. The zero-order valence-corrected chi connectivity index (χ0v) is 15.7. The van der Waals surface area contributed by atoms with E-state index in [4.69, 9.17) is 0 Å². The normalized spacial score (nSPS) is 23.4. The quantitative estimate of drug-likeness (QED) is 0.577. The molecule has 0 saturated carbocycles. The first-order valence-corrected chi connectivity index (χ1v) is 9.70. The lowest BCUT2D eigenvalue weighted by Gasteiger charge is -2.38. The molecule has 0 radical (unpaired) electrons. The molecule has 2 aromatic rings. The molecule has 0 amide bonds. The van der Waals surface area contributed by atoms with Gasteiger partial charge in [-0.3, -0.25) is 4.90 Å². The third-order valence-corrected chi connectivity index (χ3v) is 6.25. The molecular weight excluding hydrogens is 409 g/mol. The highest BCUT2D eigenvalue weighted by molar-refractivity contribution is 14.1. The van der Waals surface area contributed by atoms with Crippen molar-refractivity contribution in [2.75, 3.05) is 19.8 Å². The smallest absolute Gasteiger partial charge is 0.108 e. The number of hydrogen-bond donors (Lipinski definition) is 0. The maximum absolute atomic E-state index is 12.3. The lowest BCUT2D eigenvalue weighted by Crippen LogP contribution is -2.35. The van der Waals surface area contributed by atoms with Crippen molar-refractivity contribution < 1.29 is 4.39 Å². The van der Waals surface area contributed by atoms with Crippen LogP contribution in [0.4, 0.5) is 4.39 Å². The van der Waals surface area contributed by atoms with Gasteiger partial charge in [0.2, 0.25) is 0 Å². The number of rotatable bonds is 3. The summed E-state index contributed by atoms with van der Waals surface area (Å²) in [5.74, 6) is 0.434. The molecule has 2 atom stereocenters. The molecule has 0 aliphatic carbocycles. The summed E-state index contributed by atoms with van der Waals surface area (Å²) in [6.07, 6.45) is 5.99. The first-order chi connectivity index (χ1) is 11.8. The van der Waals surface area contributed by atoms with Gasteiger partial charge in [0.05, 0.1) is 0 Å². The third-order valence-electron chi connectivity index (χ3n) is 5.31. The van der Waals surface area contributed by atoms with Crippen LogP contribution in [0.3, 0.4) is 0 Å². The zero-order valence-electron chi connectivity index (χ0n) is 13.6. The van der Waals surface area contributed by atoms with E-state index in [2.05, 4.69) is 70.0 Å². The maximum Gasteiger partial charge on any atom is 0.108 e. The Bertz CT molecular complexity index is 753. The van der Waals surface area contributed by atoms with Crippen molar-refractivity contribution in [2.45, 2.75) is 24.8 Å². The van der Waals surface area contributed by atoms with Crippen LogP contribution in [-0.4, -0.2) is 24.7 Å². The van der Waals surface area contributed by atoms with Gasteiger partial charge in [-0.15, -0.1) is 0 Å². The van der Waals surface area contributed by atoms with Crippen LogP contribution in [0, 0.1) is 3.57 Å². The Morgan fingerprint density at radius 3 is 2.79 bits per heavy atom. The standard InChI is InChI=1S/C21H21FIN/c22-12-2-4-15-8-10-16(11-9-15)18-14-24-13-3-7-20(24)21-17(18)5-1-6-19(21)23/h1-2,4-6,8-11,18,20H,3,7,12-14H2/b4-2+/t18-,20+/m0/s1/i22-1,23-2. The highest BCUT2D eigenvalue weighted by Crippen LogP contribution is 2.45. The van der Waals surface area contributed by atoms with Gasteiger partial charge in [-0.1, -0.05) is 48.6 Å². The summed E-state index contributed by atoms with van der Waals surface area (Å²) in [5, 5.41) is 0. The van der Waals surface area contributed by atoms with Crippen molar-refractivity contribution in [3.8, 4) is 0 Å². The van der Waals surface area contributed by atoms with E-state index in [0.29, 0.717) is 12.0 Å². The van der Waals surface area contributed by atoms with Crippen molar-refractivity contribution >= 4 is 28.7 Å². The lowest BCUT2D eigenvalue weighted by atomic mass is 9.81. The SMILES string of the molecule is [18F]C/C=C/c1ccc([C@@H]2CN3CCC[C@@H]3c3c([125I])cccc32)cc1. The van der Waals surface area contributed by atoms with Crippen LogP contribution in [0.1, 0.15) is 47.1 Å². The van der Waals surface area contributed by atoms with Crippen LogP contribution >= 0.6 is 22.6 Å². The van der Waals surface area contributed by atoms with Crippen molar-refractivity contribution in [1.82, 2.24) is 4.90 Å². The van der Waals surface area contributed by atoms with Crippen LogP contribution in [0.15, 0.2) is 48.5 Å².